The van der Waals surface area contributed by atoms with Crippen molar-refractivity contribution in [1.29, 1.82) is 0 Å². The molecule has 0 radical (unpaired) electrons. The Morgan fingerprint density at radius 3 is 2.50 bits per heavy atom. The summed E-state index contributed by atoms with van der Waals surface area (Å²) in [5, 5.41) is 13.2. The van der Waals surface area contributed by atoms with Crippen molar-refractivity contribution in [2.75, 3.05) is 5.75 Å². The molecule has 2 aromatic rings. The Morgan fingerprint density at radius 1 is 1.25 bits per heavy atom. The summed E-state index contributed by atoms with van der Waals surface area (Å²) >= 11 is 1.20. The van der Waals surface area contributed by atoms with E-state index in [2.05, 4.69) is 5.32 Å². The number of non-ortho nitro benzene ring substituents is 1. The summed E-state index contributed by atoms with van der Waals surface area (Å²) < 4.78 is 26.5. The highest BCUT2D eigenvalue weighted by molar-refractivity contribution is 8.00. The lowest BCUT2D eigenvalue weighted by atomic mass is 10.1. The van der Waals surface area contributed by atoms with Gasteiger partial charge in [-0.25, -0.2) is 8.78 Å². The molecule has 5 nitrogen and oxygen atoms in total. The molecule has 0 heterocycles. The zero-order chi connectivity index (χ0) is 17.7. The Morgan fingerprint density at radius 2 is 1.92 bits per heavy atom. The summed E-state index contributed by atoms with van der Waals surface area (Å²) in [4.78, 5) is 22.7. The number of hydrogen-bond acceptors (Lipinski definition) is 4. The first-order valence-corrected chi connectivity index (χ1v) is 7.97. The van der Waals surface area contributed by atoms with Gasteiger partial charge >= 0.3 is 0 Å². The highest BCUT2D eigenvalue weighted by Crippen LogP contribution is 2.22. The van der Waals surface area contributed by atoms with Crippen molar-refractivity contribution in [2.24, 2.45) is 0 Å². The van der Waals surface area contributed by atoms with E-state index in [0.717, 1.165) is 12.1 Å². The minimum Gasteiger partial charge on any atom is -0.349 e. The van der Waals surface area contributed by atoms with Crippen molar-refractivity contribution >= 4 is 23.4 Å². The third kappa shape index (κ3) is 4.76. The predicted molar refractivity (Wildman–Crippen MR) is 86.7 cm³/mol. The molecule has 1 amide bonds. The largest absolute Gasteiger partial charge is 0.349 e. The van der Waals surface area contributed by atoms with Crippen LogP contribution >= 0.6 is 11.8 Å². The standard InChI is InChI=1S/C16H14F2N2O3S/c1-10(14-7-2-11(17)8-15(14)18)19-16(21)9-24-13-5-3-12(4-6-13)20(22)23/h2-8,10H,9H2,1H3,(H,19,21). The number of halogens is 2. The van der Waals surface area contributed by atoms with Crippen LogP contribution in [0.5, 0.6) is 0 Å². The maximum absolute atomic E-state index is 13.7. The summed E-state index contributed by atoms with van der Waals surface area (Å²) in [5.74, 6) is -1.64. The van der Waals surface area contributed by atoms with Crippen LogP contribution < -0.4 is 5.32 Å². The number of amides is 1. The molecule has 0 aliphatic rings. The number of nitro groups is 1. The number of carbonyl (C=O) groups excluding carboxylic acids is 1. The van der Waals surface area contributed by atoms with Gasteiger partial charge in [0, 0.05) is 28.7 Å². The second-order valence-corrected chi connectivity index (χ2v) is 6.04. The molecule has 0 aromatic heterocycles. The molecule has 2 rings (SSSR count). The molecule has 0 spiro atoms. The minimum absolute atomic E-state index is 0.0239. The number of nitro benzene ring substituents is 1. The van der Waals surface area contributed by atoms with Crippen molar-refractivity contribution in [1.82, 2.24) is 5.32 Å². The summed E-state index contributed by atoms with van der Waals surface area (Å²) in [6.07, 6.45) is 0. The zero-order valence-electron chi connectivity index (χ0n) is 12.7. The first kappa shape index (κ1) is 17.9. The number of nitrogens with zero attached hydrogens (tertiary/aromatic N) is 1. The number of carbonyl (C=O) groups is 1. The molecule has 1 unspecified atom stereocenters. The number of nitrogens with one attached hydrogen (secondary N) is 1. The van der Waals surface area contributed by atoms with Crippen LogP contribution in [0.4, 0.5) is 14.5 Å². The van der Waals surface area contributed by atoms with E-state index in [0.29, 0.717) is 4.90 Å². The van der Waals surface area contributed by atoms with E-state index in [-0.39, 0.29) is 22.9 Å². The van der Waals surface area contributed by atoms with E-state index >= 15 is 0 Å². The smallest absolute Gasteiger partial charge is 0.269 e. The van der Waals surface area contributed by atoms with Crippen LogP contribution in [0, 0.1) is 21.7 Å². The summed E-state index contributed by atoms with van der Waals surface area (Å²) in [6.45, 7) is 1.60. The van der Waals surface area contributed by atoms with E-state index in [4.69, 9.17) is 0 Å². The zero-order valence-corrected chi connectivity index (χ0v) is 13.5. The van der Waals surface area contributed by atoms with Crippen LogP contribution in [0.25, 0.3) is 0 Å². The van der Waals surface area contributed by atoms with Gasteiger partial charge in [-0.3, -0.25) is 14.9 Å². The van der Waals surface area contributed by atoms with Crippen molar-refractivity contribution < 1.29 is 18.5 Å². The third-order valence-electron chi connectivity index (χ3n) is 3.22. The third-order valence-corrected chi connectivity index (χ3v) is 4.24. The Kier molecular flexibility index (Phi) is 5.86. The molecule has 1 N–H and O–H groups in total. The van der Waals surface area contributed by atoms with Crippen molar-refractivity contribution in [2.45, 2.75) is 17.9 Å². The fourth-order valence-corrected chi connectivity index (χ4v) is 2.74. The lowest BCUT2D eigenvalue weighted by Gasteiger charge is -2.15. The van der Waals surface area contributed by atoms with Gasteiger partial charge in [-0.05, 0) is 25.1 Å². The molecule has 0 aliphatic carbocycles. The van der Waals surface area contributed by atoms with Crippen LogP contribution in [-0.4, -0.2) is 16.6 Å². The molecule has 1 atom stereocenters. The first-order valence-electron chi connectivity index (χ1n) is 6.98. The Bertz CT molecular complexity index is 753. The summed E-state index contributed by atoms with van der Waals surface area (Å²) in [7, 11) is 0. The van der Waals surface area contributed by atoms with Gasteiger partial charge in [-0.1, -0.05) is 6.07 Å². The fraction of sp³-hybridized carbons (Fsp3) is 0.188. The van der Waals surface area contributed by atoms with Gasteiger partial charge in [0.25, 0.3) is 5.69 Å². The molecule has 0 saturated carbocycles. The van der Waals surface area contributed by atoms with Gasteiger partial charge in [-0.15, -0.1) is 11.8 Å². The Labute approximate surface area is 141 Å². The van der Waals surface area contributed by atoms with Gasteiger partial charge in [0.2, 0.25) is 5.91 Å². The molecule has 24 heavy (non-hydrogen) atoms. The van der Waals surface area contributed by atoms with Crippen molar-refractivity contribution in [3.8, 4) is 0 Å². The fourth-order valence-electron chi connectivity index (χ4n) is 2.03. The Hall–Kier alpha value is -2.48. The van der Waals surface area contributed by atoms with Gasteiger partial charge in [0.1, 0.15) is 11.6 Å². The van der Waals surface area contributed by atoms with E-state index in [1.54, 1.807) is 19.1 Å². The lowest BCUT2D eigenvalue weighted by molar-refractivity contribution is -0.384. The van der Waals surface area contributed by atoms with Crippen LogP contribution in [0.3, 0.4) is 0 Å². The van der Waals surface area contributed by atoms with Crippen LogP contribution in [-0.2, 0) is 4.79 Å². The highest BCUT2D eigenvalue weighted by Gasteiger charge is 2.14. The molecular formula is C16H14F2N2O3S. The van der Waals surface area contributed by atoms with Crippen LogP contribution in [0.1, 0.15) is 18.5 Å². The van der Waals surface area contributed by atoms with Crippen molar-refractivity contribution in [3.05, 3.63) is 69.8 Å². The normalized spacial score (nSPS) is 11.8. The maximum Gasteiger partial charge on any atom is 0.269 e. The number of rotatable bonds is 6. The van der Waals surface area contributed by atoms with E-state index in [9.17, 15) is 23.7 Å². The van der Waals surface area contributed by atoms with Crippen molar-refractivity contribution in [3.63, 3.8) is 0 Å². The average molecular weight is 352 g/mol. The monoisotopic (exact) mass is 352 g/mol. The molecule has 0 bridgehead atoms. The number of thioether (sulfide) groups is 1. The van der Waals surface area contributed by atoms with Crippen LogP contribution in [0.15, 0.2) is 47.4 Å². The SMILES string of the molecule is CC(NC(=O)CSc1ccc([N+](=O)[O-])cc1)c1ccc(F)cc1F. The molecule has 0 saturated heterocycles. The average Bonchev–Trinajstić information content (AvgIpc) is 2.53. The quantitative estimate of drug-likeness (QED) is 0.487. The molecule has 8 heteroatoms. The lowest BCUT2D eigenvalue weighted by Crippen LogP contribution is -2.28. The second kappa shape index (κ2) is 7.87. The predicted octanol–water partition coefficient (Wildman–Crippen LogP) is 3.84. The Balaban J connectivity index is 1.89. The van der Waals surface area contributed by atoms with Gasteiger partial charge < -0.3 is 5.32 Å². The van der Waals surface area contributed by atoms with Crippen LogP contribution in [0.2, 0.25) is 0 Å². The molecule has 0 fully saturated rings. The summed E-state index contributed by atoms with van der Waals surface area (Å²) in [5.41, 5.74) is 0.175. The second-order valence-electron chi connectivity index (χ2n) is 4.99. The number of hydrogen-bond donors (Lipinski definition) is 1. The molecule has 2 aromatic carbocycles. The highest BCUT2D eigenvalue weighted by atomic mass is 32.2. The summed E-state index contributed by atoms with van der Waals surface area (Å²) in [6, 6.07) is 8.41. The maximum atomic E-state index is 13.7. The van der Waals surface area contributed by atoms with E-state index in [1.165, 1.54) is 30.0 Å². The topological polar surface area (TPSA) is 72.2 Å². The van der Waals surface area contributed by atoms with E-state index < -0.39 is 22.6 Å². The van der Waals surface area contributed by atoms with E-state index in [1.807, 2.05) is 0 Å². The first-order chi connectivity index (χ1) is 11.4. The minimum atomic E-state index is -0.717. The molecule has 126 valence electrons. The van der Waals surface area contributed by atoms with Gasteiger partial charge in [-0.2, -0.15) is 0 Å². The molecule has 0 aliphatic heterocycles. The number of benzene rings is 2. The van der Waals surface area contributed by atoms with Gasteiger partial charge in [0.05, 0.1) is 16.7 Å². The molecular weight excluding hydrogens is 338 g/mol. The van der Waals surface area contributed by atoms with Gasteiger partial charge in [0.15, 0.2) is 0 Å².